The standard InChI is InChI=1S/C12H9NOS/c1-8-13(14)11-7-6-9-4-2-3-5-10(9)12(11)15-8/h2-7H,1H3. The van der Waals surface area contributed by atoms with E-state index in [1.54, 1.807) is 11.3 Å². The van der Waals surface area contributed by atoms with Gasteiger partial charge >= 0.3 is 0 Å². The molecule has 0 amide bonds. The van der Waals surface area contributed by atoms with Crippen molar-refractivity contribution in [2.24, 2.45) is 0 Å². The zero-order chi connectivity index (χ0) is 10.4. The Morgan fingerprint density at radius 1 is 1.13 bits per heavy atom. The fourth-order valence-electron chi connectivity index (χ4n) is 1.86. The predicted molar refractivity (Wildman–Crippen MR) is 63.0 cm³/mol. The molecule has 0 atom stereocenters. The Labute approximate surface area is 91.0 Å². The molecule has 3 aromatic rings. The van der Waals surface area contributed by atoms with Crippen LogP contribution in [0.4, 0.5) is 0 Å². The molecule has 3 rings (SSSR count). The van der Waals surface area contributed by atoms with Gasteiger partial charge in [-0.3, -0.25) is 0 Å². The molecule has 0 saturated carbocycles. The van der Waals surface area contributed by atoms with E-state index in [9.17, 15) is 5.21 Å². The van der Waals surface area contributed by atoms with Gasteiger partial charge in [-0.05, 0) is 11.5 Å². The molecule has 0 fully saturated rings. The van der Waals surface area contributed by atoms with Crippen molar-refractivity contribution in [3.63, 3.8) is 0 Å². The van der Waals surface area contributed by atoms with Gasteiger partial charge in [-0.15, -0.1) is 0 Å². The Balaban J connectivity index is 2.60. The van der Waals surface area contributed by atoms with Crippen LogP contribution in [0.1, 0.15) is 5.01 Å². The van der Waals surface area contributed by atoms with Crippen LogP contribution in [-0.2, 0) is 0 Å². The lowest BCUT2D eigenvalue weighted by Crippen LogP contribution is -2.26. The topological polar surface area (TPSA) is 26.9 Å². The molecule has 1 aromatic heterocycles. The first-order chi connectivity index (χ1) is 7.27. The second-order valence-electron chi connectivity index (χ2n) is 3.55. The Morgan fingerprint density at radius 2 is 1.93 bits per heavy atom. The highest BCUT2D eigenvalue weighted by Gasteiger charge is 2.13. The summed E-state index contributed by atoms with van der Waals surface area (Å²) in [6.45, 7) is 1.85. The minimum Gasteiger partial charge on any atom is -0.617 e. The molecule has 0 saturated heterocycles. The summed E-state index contributed by atoms with van der Waals surface area (Å²) in [7, 11) is 0. The van der Waals surface area contributed by atoms with Crippen molar-refractivity contribution in [2.75, 3.05) is 0 Å². The number of nitrogens with zero attached hydrogens (tertiary/aromatic N) is 1. The van der Waals surface area contributed by atoms with Crippen LogP contribution in [-0.4, -0.2) is 0 Å². The highest BCUT2D eigenvalue weighted by molar-refractivity contribution is 7.19. The normalized spacial score (nSPS) is 11.3. The third-order valence-corrected chi connectivity index (χ3v) is 3.71. The van der Waals surface area contributed by atoms with Crippen LogP contribution in [0.3, 0.4) is 0 Å². The number of fused-ring (bicyclic) bond motifs is 3. The molecule has 0 aliphatic rings. The van der Waals surface area contributed by atoms with Gasteiger partial charge in [-0.1, -0.05) is 35.6 Å². The smallest absolute Gasteiger partial charge is 0.246 e. The monoisotopic (exact) mass is 215 g/mol. The van der Waals surface area contributed by atoms with Gasteiger partial charge in [-0.2, -0.15) is 4.73 Å². The largest absolute Gasteiger partial charge is 0.617 e. The highest BCUT2D eigenvalue weighted by atomic mass is 32.1. The Kier molecular flexibility index (Phi) is 1.70. The second-order valence-corrected chi connectivity index (χ2v) is 4.75. The van der Waals surface area contributed by atoms with E-state index in [2.05, 4.69) is 12.1 Å². The van der Waals surface area contributed by atoms with Crippen LogP contribution in [0.15, 0.2) is 36.4 Å². The maximum Gasteiger partial charge on any atom is 0.246 e. The van der Waals surface area contributed by atoms with Gasteiger partial charge in [0.15, 0.2) is 0 Å². The molecule has 15 heavy (non-hydrogen) atoms. The molecule has 0 radical (unpaired) electrons. The summed E-state index contributed by atoms with van der Waals surface area (Å²) in [5.41, 5.74) is 0.774. The molecule has 1 heterocycles. The molecule has 0 spiro atoms. The van der Waals surface area contributed by atoms with E-state index in [1.807, 2.05) is 31.2 Å². The molecule has 74 valence electrons. The summed E-state index contributed by atoms with van der Waals surface area (Å²) in [4.78, 5) is 0. The Hall–Kier alpha value is -1.61. The van der Waals surface area contributed by atoms with Gasteiger partial charge in [0.05, 0.1) is 0 Å². The molecule has 2 nitrogen and oxygen atoms in total. The SMILES string of the molecule is Cc1sc2c3ccccc3ccc2[n+]1[O-]. The average Bonchev–Trinajstić information content (AvgIpc) is 2.56. The van der Waals surface area contributed by atoms with Gasteiger partial charge in [0.25, 0.3) is 0 Å². The molecular formula is C12H9NOS. The van der Waals surface area contributed by atoms with Crippen LogP contribution >= 0.6 is 11.3 Å². The van der Waals surface area contributed by atoms with Crippen molar-refractivity contribution in [3.05, 3.63) is 46.6 Å². The van der Waals surface area contributed by atoms with Gasteiger partial charge in [0, 0.05) is 18.4 Å². The van der Waals surface area contributed by atoms with Crippen LogP contribution in [0.2, 0.25) is 0 Å². The summed E-state index contributed by atoms with van der Waals surface area (Å²) >= 11 is 1.56. The van der Waals surface area contributed by atoms with E-state index < -0.39 is 0 Å². The quantitative estimate of drug-likeness (QED) is 0.418. The Bertz CT molecular complexity index is 657. The number of thiazole rings is 1. The van der Waals surface area contributed by atoms with Crippen LogP contribution in [0.25, 0.3) is 21.0 Å². The number of rotatable bonds is 0. The predicted octanol–water partition coefficient (Wildman–Crippen LogP) is 3.00. The number of hydrogen-bond donors (Lipinski definition) is 0. The molecule has 0 N–H and O–H groups in total. The number of benzene rings is 2. The lowest BCUT2D eigenvalue weighted by atomic mass is 10.1. The summed E-state index contributed by atoms with van der Waals surface area (Å²) < 4.78 is 2.09. The third kappa shape index (κ3) is 1.13. The van der Waals surface area contributed by atoms with Crippen molar-refractivity contribution in [1.29, 1.82) is 0 Å². The van der Waals surface area contributed by atoms with E-state index in [-0.39, 0.29) is 0 Å². The van der Waals surface area contributed by atoms with Crippen LogP contribution in [0, 0.1) is 12.1 Å². The van der Waals surface area contributed by atoms with Gasteiger partial charge in [-0.25, -0.2) is 0 Å². The summed E-state index contributed by atoms with van der Waals surface area (Å²) in [5.74, 6) is 0. The Morgan fingerprint density at radius 3 is 2.80 bits per heavy atom. The minimum atomic E-state index is 0.774. The molecular weight excluding hydrogens is 206 g/mol. The molecule has 3 heteroatoms. The maximum absolute atomic E-state index is 11.7. The van der Waals surface area contributed by atoms with Gasteiger partial charge in [0.1, 0.15) is 4.70 Å². The highest BCUT2D eigenvalue weighted by Crippen LogP contribution is 2.28. The van der Waals surface area contributed by atoms with E-state index in [0.717, 1.165) is 25.3 Å². The van der Waals surface area contributed by atoms with Crippen molar-refractivity contribution < 1.29 is 4.73 Å². The zero-order valence-electron chi connectivity index (χ0n) is 8.23. The average molecular weight is 215 g/mol. The summed E-state index contributed by atoms with van der Waals surface area (Å²) in [6, 6.07) is 12.0. The molecule has 0 bridgehead atoms. The molecule has 0 aliphatic carbocycles. The minimum absolute atomic E-state index is 0.774. The van der Waals surface area contributed by atoms with Crippen molar-refractivity contribution in [3.8, 4) is 0 Å². The van der Waals surface area contributed by atoms with Crippen molar-refractivity contribution in [1.82, 2.24) is 0 Å². The number of aryl methyl sites for hydroxylation is 1. The lowest BCUT2D eigenvalue weighted by Gasteiger charge is -1.97. The van der Waals surface area contributed by atoms with E-state index in [1.165, 1.54) is 5.39 Å². The van der Waals surface area contributed by atoms with E-state index in [0.29, 0.717) is 0 Å². The van der Waals surface area contributed by atoms with Crippen LogP contribution < -0.4 is 4.73 Å². The molecule has 0 unspecified atom stereocenters. The third-order valence-electron chi connectivity index (χ3n) is 2.61. The van der Waals surface area contributed by atoms with Gasteiger partial charge < -0.3 is 5.21 Å². The fraction of sp³-hybridized carbons (Fsp3) is 0.0833. The van der Waals surface area contributed by atoms with Gasteiger partial charge in [0.2, 0.25) is 10.5 Å². The van der Waals surface area contributed by atoms with Crippen molar-refractivity contribution >= 4 is 32.3 Å². The van der Waals surface area contributed by atoms with E-state index in [4.69, 9.17) is 0 Å². The zero-order valence-corrected chi connectivity index (χ0v) is 9.04. The fourth-order valence-corrected chi connectivity index (χ4v) is 2.89. The molecule has 2 aromatic carbocycles. The number of hydrogen-bond acceptors (Lipinski definition) is 2. The second kappa shape index (κ2) is 2.94. The lowest BCUT2D eigenvalue weighted by molar-refractivity contribution is -0.578. The summed E-state index contributed by atoms with van der Waals surface area (Å²) in [6.07, 6.45) is 0. The maximum atomic E-state index is 11.7. The first-order valence-corrected chi connectivity index (χ1v) is 5.59. The van der Waals surface area contributed by atoms with Crippen LogP contribution in [0.5, 0.6) is 0 Å². The summed E-state index contributed by atoms with van der Waals surface area (Å²) in [5, 5.41) is 14.8. The van der Waals surface area contributed by atoms with Crippen molar-refractivity contribution in [2.45, 2.75) is 6.92 Å². The van der Waals surface area contributed by atoms with E-state index >= 15 is 0 Å². The number of aromatic nitrogens is 1. The first kappa shape index (κ1) is 8.68. The molecule has 0 aliphatic heterocycles. The first-order valence-electron chi connectivity index (χ1n) is 4.78.